The predicted octanol–water partition coefficient (Wildman–Crippen LogP) is 1.52. The number of ether oxygens (including phenoxy) is 3. The van der Waals surface area contributed by atoms with Gasteiger partial charge in [-0.15, -0.1) is 4.40 Å². The Morgan fingerprint density at radius 3 is 2.40 bits per heavy atom. The molecule has 0 atom stereocenters. The number of likely N-dealkylation sites (N-methyl/N-ethyl adjacent to an activating group) is 1. The zero-order chi connectivity index (χ0) is 18.6. The van der Waals surface area contributed by atoms with E-state index in [1.165, 1.54) is 20.3 Å². The van der Waals surface area contributed by atoms with E-state index in [1.54, 1.807) is 32.0 Å². The molecule has 1 heterocycles. The van der Waals surface area contributed by atoms with Crippen LogP contribution in [0.3, 0.4) is 0 Å². The lowest BCUT2D eigenvalue weighted by molar-refractivity contribution is -0.139. The average Bonchev–Trinajstić information content (AvgIpc) is 2.59. The van der Waals surface area contributed by atoms with Gasteiger partial charge in [-0.25, -0.2) is 9.10 Å². The molecule has 25 heavy (non-hydrogen) atoms. The molecule has 1 aliphatic rings. The van der Waals surface area contributed by atoms with E-state index in [1.807, 2.05) is 0 Å². The number of rotatable bonds is 6. The van der Waals surface area contributed by atoms with Gasteiger partial charge in [-0.1, -0.05) is 0 Å². The van der Waals surface area contributed by atoms with Crippen LogP contribution in [0.1, 0.15) is 19.4 Å². The first-order valence-corrected chi connectivity index (χ1v) is 9.01. The summed E-state index contributed by atoms with van der Waals surface area (Å²) in [4.78, 5) is 12.2. The summed E-state index contributed by atoms with van der Waals surface area (Å²) < 4.78 is 44.9. The molecule has 0 amide bonds. The molecule has 1 aromatic rings. The highest BCUT2D eigenvalue weighted by atomic mass is 32.2. The molecule has 1 aliphatic heterocycles. The fourth-order valence-electron chi connectivity index (χ4n) is 2.36. The number of hydrogen-bond acceptors (Lipinski definition) is 6. The number of allylic oxidation sites excluding steroid dienone is 1. The molecular formula is C16H20N2O6S. The van der Waals surface area contributed by atoms with Gasteiger partial charge in [-0.05, 0) is 38.1 Å². The number of carbonyl (C=O) groups excluding carboxylic acids is 1. The monoisotopic (exact) mass is 368 g/mol. The summed E-state index contributed by atoms with van der Waals surface area (Å²) in [5, 5.41) is 0. The third-order valence-corrected chi connectivity index (χ3v) is 4.92. The van der Waals surface area contributed by atoms with Gasteiger partial charge in [0.05, 0.1) is 26.5 Å². The van der Waals surface area contributed by atoms with E-state index in [2.05, 4.69) is 4.40 Å². The number of esters is 1. The summed E-state index contributed by atoms with van der Waals surface area (Å²) in [5.41, 5.74) is 0.511. The van der Waals surface area contributed by atoms with Crippen molar-refractivity contribution in [1.29, 1.82) is 0 Å². The first-order valence-electron chi connectivity index (χ1n) is 7.61. The van der Waals surface area contributed by atoms with Crippen molar-refractivity contribution in [3.05, 3.63) is 35.5 Å². The molecule has 0 saturated heterocycles. The van der Waals surface area contributed by atoms with Gasteiger partial charge in [0.25, 0.3) is 0 Å². The van der Waals surface area contributed by atoms with E-state index in [0.717, 1.165) is 4.31 Å². The highest BCUT2D eigenvalue weighted by Crippen LogP contribution is 2.29. The van der Waals surface area contributed by atoms with Crippen LogP contribution < -0.4 is 9.47 Å². The molecule has 8 nitrogen and oxygen atoms in total. The minimum atomic E-state index is -4.04. The van der Waals surface area contributed by atoms with Crippen molar-refractivity contribution in [2.75, 3.05) is 27.4 Å². The standard InChI is InChI=1S/C16H20N2O6S/c1-5-18-13(16(19)24-6-2)10-12(17-25(18,20)21)11-7-8-14(22-3)15(9-11)23-4/h7-10H,5-6H2,1-4H3. The molecule has 0 fully saturated rings. The minimum absolute atomic E-state index is 0.0652. The smallest absolute Gasteiger partial charge is 0.355 e. The Hall–Kier alpha value is -2.55. The third-order valence-electron chi connectivity index (χ3n) is 3.49. The maximum atomic E-state index is 12.4. The first kappa shape index (κ1) is 18.8. The van der Waals surface area contributed by atoms with Crippen molar-refractivity contribution >= 4 is 21.9 Å². The second kappa shape index (κ2) is 7.56. The average molecular weight is 368 g/mol. The molecule has 0 aliphatic carbocycles. The quantitative estimate of drug-likeness (QED) is 0.707. The molecule has 0 unspecified atom stereocenters. The van der Waals surface area contributed by atoms with Gasteiger partial charge >= 0.3 is 16.2 Å². The number of carbonyl (C=O) groups is 1. The molecular weight excluding hydrogens is 348 g/mol. The van der Waals surface area contributed by atoms with Crippen molar-refractivity contribution in [3.63, 3.8) is 0 Å². The lowest BCUT2D eigenvalue weighted by Crippen LogP contribution is -2.37. The van der Waals surface area contributed by atoms with E-state index in [4.69, 9.17) is 14.2 Å². The predicted molar refractivity (Wildman–Crippen MR) is 92.1 cm³/mol. The van der Waals surface area contributed by atoms with Crippen LogP contribution in [0.5, 0.6) is 11.5 Å². The van der Waals surface area contributed by atoms with Crippen molar-refractivity contribution in [2.45, 2.75) is 13.8 Å². The molecule has 0 saturated carbocycles. The van der Waals surface area contributed by atoms with Crippen LogP contribution in [0, 0.1) is 0 Å². The minimum Gasteiger partial charge on any atom is -0.493 e. The molecule has 0 radical (unpaired) electrons. The van der Waals surface area contributed by atoms with Gasteiger partial charge in [0, 0.05) is 12.1 Å². The second-order valence-corrected chi connectivity index (χ2v) is 6.46. The van der Waals surface area contributed by atoms with Crippen molar-refractivity contribution in [1.82, 2.24) is 4.31 Å². The molecule has 2 rings (SSSR count). The Labute approximate surface area is 146 Å². The zero-order valence-electron chi connectivity index (χ0n) is 14.5. The van der Waals surface area contributed by atoms with Crippen LogP contribution in [0.4, 0.5) is 0 Å². The van der Waals surface area contributed by atoms with E-state index in [-0.39, 0.29) is 24.6 Å². The Balaban J connectivity index is 2.57. The normalized spacial score (nSPS) is 15.9. The van der Waals surface area contributed by atoms with E-state index < -0.39 is 16.2 Å². The summed E-state index contributed by atoms with van der Waals surface area (Å²) >= 11 is 0. The van der Waals surface area contributed by atoms with Crippen LogP contribution in [0.15, 0.2) is 34.4 Å². The summed E-state index contributed by atoms with van der Waals surface area (Å²) in [6.45, 7) is 3.46. The maximum absolute atomic E-state index is 12.4. The number of methoxy groups -OCH3 is 2. The maximum Gasteiger partial charge on any atom is 0.355 e. The van der Waals surface area contributed by atoms with E-state index in [0.29, 0.717) is 17.1 Å². The van der Waals surface area contributed by atoms with Crippen molar-refractivity contribution in [3.8, 4) is 11.5 Å². The Bertz CT molecular complexity index is 829. The summed E-state index contributed by atoms with van der Waals surface area (Å²) in [7, 11) is -1.07. The van der Waals surface area contributed by atoms with Crippen LogP contribution in [0.25, 0.3) is 0 Å². The van der Waals surface area contributed by atoms with Crippen LogP contribution in [0.2, 0.25) is 0 Å². The van der Waals surface area contributed by atoms with Crippen LogP contribution >= 0.6 is 0 Å². The summed E-state index contributed by atoms with van der Waals surface area (Å²) in [6, 6.07) is 4.86. The highest BCUT2D eigenvalue weighted by molar-refractivity contribution is 7.88. The van der Waals surface area contributed by atoms with Gasteiger partial charge in [-0.3, -0.25) is 0 Å². The van der Waals surface area contributed by atoms with Gasteiger partial charge in [0.1, 0.15) is 5.70 Å². The largest absolute Gasteiger partial charge is 0.493 e. The zero-order valence-corrected chi connectivity index (χ0v) is 15.3. The fourth-order valence-corrected chi connectivity index (χ4v) is 3.56. The van der Waals surface area contributed by atoms with Crippen molar-refractivity contribution < 1.29 is 27.4 Å². The van der Waals surface area contributed by atoms with E-state index >= 15 is 0 Å². The van der Waals surface area contributed by atoms with Gasteiger partial charge in [-0.2, -0.15) is 8.42 Å². The van der Waals surface area contributed by atoms with Crippen LogP contribution in [-0.2, 0) is 19.7 Å². The highest BCUT2D eigenvalue weighted by Gasteiger charge is 2.32. The lowest BCUT2D eigenvalue weighted by atomic mass is 10.1. The van der Waals surface area contributed by atoms with Gasteiger partial charge in [0.2, 0.25) is 0 Å². The third kappa shape index (κ3) is 3.76. The topological polar surface area (TPSA) is 94.5 Å². The van der Waals surface area contributed by atoms with Crippen LogP contribution in [-0.4, -0.2) is 51.8 Å². The first-order chi connectivity index (χ1) is 11.9. The van der Waals surface area contributed by atoms with Gasteiger partial charge in [0.15, 0.2) is 11.5 Å². The number of hydrogen-bond donors (Lipinski definition) is 0. The Kier molecular flexibility index (Phi) is 5.68. The Morgan fingerprint density at radius 1 is 1.16 bits per heavy atom. The second-order valence-electron chi connectivity index (χ2n) is 4.94. The number of benzene rings is 1. The number of nitrogens with zero attached hydrogens (tertiary/aromatic N) is 2. The molecule has 0 aromatic heterocycles. The lowest BCUT2D eigenvalue weighted by Gasteiger charge is -2.25. The Morgan fingerprint density at radius 2 is 1.84 bits per heavy atom. The molecule has 0 N–H and O–H groups in total. The van der Waals surface area contributed by atoms with Gasteiger partial charge < -0.3 is 14.2 Å². The molecule has 136 valence electrons. The SMILES string of the molecule is CCOC(=O)C1=CC(c2ccc(OC)c(OC)c2)=NS(=O)(=O)N1CC. The summed E-state index contributed by atoms with van der Waals surface area (Å²) in [5.74, 6) is 0.195. The van der Waals surface area contributed by atoms with Crippen molar-refractivity contribution in [2.24, 2.45) is 4.40 Å². The molecule has 9 heteroatoms. The summed E-state index contributed by atoms with van der Waals surface area (Å²) in [6.07, 6.45) is 1.39. The molecule has 0 spiro atoms. The fraction of sp³-hybridized carbons (Fsp3) is 0.375. The molecule has 1 aromatic carbocycles. The molecule has 0 bridgehead atoms. The van der Waals surface area contributed by atoms with E-state index in [9.17, 15) is 13.2 Å².